The molecule has 0 saturated heterocycles. The van der Waals surface area contributed by atoms with E-state index in [-0.39, 0.29) is 0 Å². The predicted octanol–water partition coefficient (Wildman–Crippen LogP) is 1.41. The van der Waals surface area contributed by atoms with Crippen LogP contribution in [0.2, 0.25) is 0 Å². The number of aromatic amines is 1. The zero-order chi connectivity index (χ0) is 9.38. The Morgan fingerprint density at radius 3 is 3.00 bits per heavy atom. The molecule has 1 aromatic heterocycles. The minimum absolute atomic E-state index is 0.699. The lowest BCUT2D eigenvalue weighted by atomic mass is 9.88. The van der Waals surface area contributed by atoms with Gasteiger partial charge in [0, 0.05) is 17.8 Å². The van der Waals surface area contributed by atoms with Gasteiger partial charge in [-0.05, 0) is 37.7 Å². The van der Waals surface area contributed by atoms with Gasteiger partial charge in [0.25, 0.3) is 0 Å². The van der Waals surface area contributed by atoms with Gasteiger partial charge in [-0.2, -0.15) is 5.10 Å². The Labute approximate surface area is 84.3 Å². The van der Waals surface area contributed by atoms with Gasteiger partial charge >= 0.3 is 0 Å². The van der Waals surface area contributed by atoms with Gasteiger partial charge in [-0.3, -0.25) is 5.10 Å². The summed E-state index contributed by atoms with van der Waals surface area (Å²) in [5.41, 5.74) is 2.78. The number of nitrogens with zero attached hydrogens (tertiary/aromatic N) is 1. The van der Waals surface area contributed by atoms with Crippen LogP contribution in [0.3, 0.4) is 0 Å². The lowest BCUT2D eigenvalue weighted by molar-refractivity contribution is 0.290. The quantitative estimate of drug-likeness (QED) is 0.742. The number of fused-ring (bicyclic) bond motifs is 1. The molecule has 1 unspecified atom stereocenters. The Bertz CT molecular complexity index is 314. The van der Waals surface area contributed by atoms with Crippen molar-refractivity contribution in [3.8, 4) is 0 Å². The predicted molar refractivity (Wildman–Crippen MR) is 55.2 cm³/mol. The zero-order valence-electron chi connectivity index (χ0n) is 8.42. The summed E-state index contributed by atoms with van der Waals surface area (Å²) < 4.78 is 0. The number of aryl methyl sites for hydroxylation is 1. The van der Waals surface area contributed by atoms with Crippen molar-refractivity contribution >= 4 is 0 Å². The van der Waals surface area contributed by atoms with Gasteiger partial charge in [0.15, 0.2) is 0 Å². The third-order valence-corrected chi connectivity index (χ3v) is 3.59. The van der Waals surface area contributed by atoms with Crippen LogP contribution in [-0.4, -0.2) is 22.3 Å². The Morgan fingerprint density at radius 2 is 2.21 bits per heavy atom. The van der Waals surface area contributed by atoms with Crippen molar-refractivity contribution in [3.63, 3.8) is 0 Å². The molecule has 0 aliphatic heterocycles. The summed E-state index contributed by atoms with van der Waals surface area (Å²) in [4.78, 5) is 0. The SMILES string of the molecule is c1n[nH]c2c1CC(NC1CCC1)CC2. The molecule has 0 aromatic carbocycles. The third-order valence-electron chi connectivity index (χ3n) is 3.59. The summed E-state index contributed by atoms with van der Waals surface area (Å²) in [6.45, 7) is 0. The van der Waals surface area contributed by atoms with Gasteiger partial charge in [-0.15, -0.1) is 0 Å². The van der Waals surface area contributed by atoms with Gasteiger partial charge in [-0.25, -0.2) is 0 Å². The average molecular weight is 191 g/mol. The van der Waals surface area contributed by atoms with Crippen molar-refractivity contribution in [2.75, 3.05) is 0 Å². The number of hydrogen-bond acceptors (Lipinski definition) is 2. The van der Waals surface area contributed by atoms with E-state index in [0.717, 1.165) is 6.04 Å². The molecule has 1 aromatic rings. The van der Waals surface area contributed by atoms with Crippen molar-refractivity contribution in [2.45, 2.75) is 50.6 Å². The number of hydrogen-bond donors (Lipinski definition) is 2. The molecule has 2 aliphatic rings. The fourth-order valence-electron chi connectivity index (χ4n) is 2.47. The molecule has 3 rings (SSSR count). The van der Waals surface area contributed by atoms with Gasteiger partial charge in [0.2, 0.25) is 0 Å². The first-order valence-corrected chi connectivity index (χ1v) is 5.69. The molecule has 3 heteroatoms. The van der Waals surface area contributed by atoms with Crippen LogP contribution in [-0.2, 0) is 12.8 Å². The second-order valence-corrected chi connectivity index (χ2v) is 4.61. The van der Waals surface area contributed by atoms with Gasteiger partial charge < -0.3 is 5.32 Å². The van der Waals surface area contributed by atoms with E-state index in [2.05, 4.69) is 15.5 Å². The van der Waals surface area contributed by atoms with Crippen molar-refractivity contribution in [3.05, 3.63) is 17.5 Å². The molecule has 1 saturated carbocycles. The minimum atomic E-state index is 0.699. The first-order valence-electron chi connectivity index (χ1n) is 5.69. The van der Waals surface area contributed by atoms with Crippen LogP contribution in [0, 0.1) is 0 Å². The Morgan fingerprint density at radius 1 is 1.29 bits per heavy atom. The number of H-pyrrole nitrogens is 1. The summed E-state index contributed by atoms with van der Waals surface area (Å²) in [7, 11) is 0. The van der Waals surface area contributed by atoms with E-state index in [0.29, 0.717) is 6.04 Å². The molecule has 2 N–H and O–H groups in total. The molecule has 0 amide bonds. The number of rotatable bonds is 2. The fraction of sp³-hybridized carbons (Fsp3) is 0.727. The molecule has 3 nitrogen and oxygen atoms in total. The van der Waals surface area contributed by atoms with E-state index in [1.54, 1.807) is 0 Å². The summed E-state index contributed by atoms with van der Waals surface area (Å²) in [6.07, 6.45) is 9.78. The summed E-state index contributed by atoms with van der Waals surface area (Å²) in [6, 6.07) is 1.51. The lowest BCUT2D eigenvalue weighted by Crippen LogP contribution is -2.44. The Balaban J connectivity index is 1.63. The zero-order valence-corrected chi connectivity index (χ0v) is 8.42. The lowest BCUT2D eigenvalue weighted by Gasteiger charge is -2.33. The average Bonchev–Trinajstić information content (AvgIpc) is 2.58. The third kappa shape index (κ3) is 1.46. The second kappa shape index (κ2) is 3.39. The highest BCUT2D eigenvalue weighted by atomic mass is 15.1. The highest BCUT2D eigenvalue weighted by Gasteiger charge is 2.24. The normalized spacial score (nSPS) is 27.0. The molecule has 14 heavy (non-hydrogen) atoms. The van der Waals surface area contributed by atoms with Crippen LogP contribution < -0.4 is 5.32 Å². The van der Waals surface area contributed by atoms with Crippen molar-refractivity contribution in [2.24, 2.45) is 0 Å². The molecule has 0 bridgehead atoms. The Hall–Kier alpha value is -0.830. The van der Waals surface area contributed by atoms with Crippen molar-refractivity contribution in [1.29, 1.82) is 0 Å². The number of nitrogens with one attached hydrogen (secondary N) is 2. The van der Waals surface area contributed by atoms with E-state index < -0.39 is 0 Å². The minimum Gasteiger partial charge on any atom is -0.311 e. The monoisotopic (exact) mass is 191 g/mol. The molecular weight excluding hydrogens is 174 g/mol. The maximum atomic E-state index is 4.10. The van der Waals surface area contributed by atoms with Gasteiger partial charge in [0.05, 0.1) is 6.20 Å². The molecule has 0 radical (unpaired) electrons. The Kier molecular flexibility index (Phi) is 2.05. The molecule has 1 atom stereocenters. The van der Waals surface area contributed by atoms with Crippen LogP contribution in [0.4, 0.5) is 0 Å². The maximum absolute atomic E-state index is 4.10. The van der Waals surface area contributed by atoms with E-state index in [1.165, 1.54) is 49.8 Å². The summed E-state index contributed by atoms with van der Waals surface area (Å²) >= 11 is 0. The molecule has 76 valence electrons. The molecule has 1 fully saturated rings. The topological polar surface area (TPSA) is 40.7 Å². The van der Waals surface area contributed by atoms with E-state index >= 15 is 0 Å². The van der Waals surface area contributed by atoms with E-state index in [9.17, 15) is 0 Å². The highest BCUT2D eigenvalue weighted by Crippen LogP contribution is 2.23. The van der Waals surface area contributed by atoms with Crippen LogP contribution >= 0.6 is 0 Å². The van der Waals surface area contributed by atoms with Crippen molar-refractivity contribution < 1.29 is 0 Å². The van der Waals surface area contributed by atoms with E-state index in [1.807, 2.05) is 6.20 Å². The standard InChI is InChI=1S/C11H17N3/c1-2-9(3-1)13-10-4-5-11-8(6-10)7-12-14-11/h7,9-10,13H,1-6H2,(H,12,14). The van der Waals surface area contributed by atoms with Gasteiger partial charge in [-0.1, -0.05) is 6.42 Å². The summed E-state index contributed by atoms with van der Waals surface area (Å²) in [5.74, 6) is 0. The largest absolute Gasteiger partial charge is 0.311 e. The fourth-order valence-corrected chi connectivity index (χ4v) is 2.47. The molecule has 1 heterocycles. The maximum Gasteiger partial charge on any atom is 0.0522 e. The van der Waals surface area contributed by atoms with E-state index in [4.69, 9.17) is 0 Å². The van der Waals surface area contributed by atoms with Crippen LogP contribution in [0.1, 0.15) is 36.9 Å². The van der Waals surface area contributed by atoms with Crippen LogP contribution in [0.15, 0.2) is 6.20 Å². The highest BCUT2D eigenvalue weighted by molar-refractivity contribution is 5.21. The smallest absolute Gasteiger partial charge is 0.0522 e. The first kappa shape index (κ1) is 8.48. The number of aromatic nitrogens is 2. The molecule has 2 aliphatic carbocycles. The second-order valence-electron chi connectivity index (χ2n) is 4.61. The molecular formula is C11H17N3. The van der Waals surface area contributed by atoms with Crippen LogP contribution in [0.5, 0.6) is 0 Å². The first-order chi connectivity index (χ1) is 6.92. The van der Waals surface area contributed by atoms with Gasteiger partial charge in [0.1, 0.15) is 0 Å². The summed E-state index contributed by atoms with van der Waals surface area (Å²) in [5, 5.41) is 10.9. The molecule has 0 spiro atoms. The van der Waals surface area contributed by atoms with Crippen LogP contribution in [0.25, 0.3) is 0 Å². The van der Waals surface area contributed by atoms with Crippen molar-refractivity contribution in [1.82, 2.24) is 15.5 Å².